The molecule has 0 aromatic heterocycles. The third kappa shape index (κ3) is 4.68. The quantitative estimate of drug-likeness (QED) is 0.381. The number of piperidine rings is 1. The van der Waals surface area contributed by atoms with Crippen LogP contribution in [0.15, 0.2) is 29.2 Å². The zero-order chi connectivity index (χ0) is 21.5. The number of amides is 1. The van der Waals surface area contributed by atoms with Crippen LogP contribution in [0.2, 0.25) is 10.0 Å². The molecule has 1 heterocycles. The molecule has 2 fully saturated rings. The minimum absolute atomic E-state index is 0.000207. The summed E-state index contributed by atoms with van der Waals surface area (Å²) in [6.07, 6.45) is 0.699. The van der Waals surface area contributed by atoms with E-state index in [4.69, 9.17) is 27.9 Å². The van der Waals surface area contributed by atoms with Crippen LogP contribution in [0.1, 0.15) is 26.3 Å². The number of nitrogens with zero attached hydrogens (tertiary/aromatic N) is 2. The second-order valence-corrected chi connectivity index (χ2v) is 11.0. The molecule has 1 aromatic carbocycles. The Labute approximate surface area is 183 Å². The highest BCUT2D eigenvalue weighted by atomic mass is 35.5. The highest BCUT2D eigenvalue weighted by molar-refractivity contribution is 7.91. The third-order valence-corrected chi connectivity index (χ3v) is 7.27. The number of hydrogen-bond donors (Lipinski definition) is 1. The first-order chi connectivity index (χ1) is 13.5. The SMILES string of the molecule is C=CCOc1cc(Cl)c(Cl)cc1C(=N[S+]([O-])C(C)(C)C)C1[C@H]2CN(C(=O)O)C[C@@H]12. The van der Waals surface area contributed by atoms with Crippen LogP contribution < -0.4 is 4.74 Å². The van der Waals surface area contributed by atoms with E-state index in [9.17, 15) is 14.5 Å². The van der Waals surface area contributed by atoms with Gasteiger partial charge in [-0.3, -0.25) is 0 Å². The van der Waals surface area contributed by atoms with Gasteiger partial charge in [0.05, 0.1) is 10.0 Å². The van der Waals surface area contributed by atoms with Crippen LogP contribution in [0, 0.1) is 17.8 Å². The fourth-order valence-corrected chi connectivity index (χ4v) is 4.59. The van der Waals surface area contributed by atoms with Gasteiger partial charge in [0.25, 0.3) is 0 Å². The van der Waals surface area contributed by atoms with Gasteiger partial charge in [0, 0.05) is 30.6 Å². The van der Waals surface area contributed by atoms with Crippen molar-refractivity contribution >= 4 is 46.4 Å². The fourth-order valence-electron chi connectivity index (χ4n) is 3.60. The number of likely N-dealkylation sites (tertiary alicyclic amines) is 1. The normalized spacial score (nSPS) is 24.8. The molecule has 1 N–H and O–H groups in total. The maximum absolute atomic E-state index is 12.9. The molecule has 3 rings (SSSR count). The van der Waals surface area contributed by atoms with Crippen molar-refractivity contribution in [2.45, 2.75) is 25.5 Å². The van der Waals surface area contributed by atoms with Crippen molar-refractivity contribution in [2.75, 3.05) is 19.7 Å². The fraction of sp³-hybridized carbons (Fsp3) is 0.500. The Morgan fingerprint density at radius 1 is 1.38 bits per heavy atom. The Morgan fingerprint density at radius 3 is 2.48 bits per heavy atom. The summed E-state index contributed by atoms with van der Waals surface area (Å²) >= 11 is 11.0. The Kier molecular flexibility index (Phi) is 6.44. The van der Waals surface area contributed by atoms with Crippen molar-refractivity contribution in [2.24, 2.45) is 22.2 Å². The monoisotopic (exact) mass is 458 g/mol. The lowest BCUT2D eigenvalue weighted by Crippen LogP contribution is -2.32. The van der Waals surface area contributed by atoms with Gasteiger partial charge < -0.3 is 19.3 Å². The van der Waals surface area contributed by atoms with Crippen molar-refractivity contribution in [3.8, 4) is 5.75 Å². The Morgan fingerprint density at radius 2 is 1.97 bits per heavy atom. The summed E-state index contributed by atoms with van der Waals surface area (Å²) in [5.41, 5.74) is 1.27. The van der Waals surface area contributed by atoms with E-state index in [1.54, 1.807) is 18.2 Å². The first kappa shape index (κ1) is 22.3. The highest BCUT2D eigenvalue weighted by Crippen LogP contribution is 2.54. The molecule has 4 atom stereocenters. The lowest BCUT2D eigenvalue weighted by Gasteiger charge is -2.22. The highest BCUT2D eigenvalue weighted by Gasteiger charge is 2.60. The lowest BCUT2D eigenvalue weighted by molar-refractivity contribution is 0.149. The van der Waals surface area contributed by atoms with Gasteiger partial charge in [-0.2, -0.15) is 0 Å². The number of carboxylic acid groups (broad SMARTS) is 1. The van der Waals surface area contributed by atoms with Gasteiger partial charge in [-0.25, -0.2) is 4.79 Å². The maximum atomic E-state index is 12.9. The standard InChI is InChI=1S/C20H24Cl2N2O4S/c1-5-6-28-16-8-15(22)14(21)7-11(16)18(23-29(27)20(2,3)4)17-12-9-24(19(25)26)10-13(12)17/h5,7-8,12-13,17H,1,6,9-10H2,2-4H3,(H,25,26)/t12-,13+,17?,29?. The summed E-state index contributed by atoms with van der Waals surface area (Å²) in [4.78, 5) is 12.7. The number of fused-ring (bicyclic) bond motifs is 1. The largest absolute Gasteiger partial charge is 0.591 e. The van der Waals surface area contributed by atoms with E-state index in [2.05, 4.69) is 11.0 Å². The zero-order valence-corrected chi connectivity index (χ0v) is 18.9. The Balaban J connectivity index is 2.02. The van der Waals surface area contributed by atoms with Gasteiger partial charge in [0.2, 0.25) is 0 Å². The average Bonchev–Trinajstić information content (AvgIpc) is 3.10. The van der Waals surface area contributed by atoms with Crippen LogP contribution in [0.3, 0.4) is 0 Å². The van der Waals surface area contributed by atoms with E-state index in [0.717, 1.165) is 0 Å². The lowest BCUT2D eigenvalue weighted by atomic mass is 10.0. The Bertz CT molecular complexity index is 844. The molecule has 1 amide bonds. The molecule has 2 unspecified atom stereocenters. The molecular weight excluding hydrogens is 435 g/mol. The van der Waals surface area contributed by atoms with Crippen molar-refractivity contribution in [3.63, 3.8) is 0 Å². The van der Waals surface area contributed by atoms with E-state index >= 15 is 0 Å². The molecule has 9 heteroatoms. The molecule has 1 aromatic rings. The van der Waals surface area contributed by atoms with E-state index in [-0.39, 0.29) is 24.4 Å². The van der Waals surface area contributed by atoms with Crippen molar-refractivity contribution < 1.29 is 19.2 Å². The zero-order valence-electron chi connectivity index (χ0n) is 16.5. The molecule has 158 valence electrons. The molecule has 29 heavy (non-hydrogen) atoms. The molecule has 1 aliphatic heterocycles. The minimum atomic E-state index is -1.49. The van der Waals surface area contributed by atoms with Crippen LogP contribution in [0.25, 0.3) is 0 Å². The number of benzene rings is 1. The first-order valence-electron chi connectivity index (χ1n) is 9.26. The first-order valence-corrected chi connectivity index (χ1v) is 11.1. The van der Waals surface area contributed by atoms with Crippen LogP contribution in [-0.4, -0.2) is 50.8 Å². The number of hydrogen-bond acceptors (Lipinski definition) is 4. The third-order valence-electron chi connectivity index (χ3n) is 5.14. The van der Waals surface area contributed by atoms with Gasteiger partial charge in [-0.05, 0) is 38.7 Å². The van der Waals surface area contributed by atoms with Crippen LogP contribution >= 0.6 is 23.2 Å². The Hall–Kier alpha value is -1.41. The molecule has 0 bridgehead atoms. The molecule has 2 aliphatic rings. The molecule has 1 saturated heterocycles. The molecule has 6 nitrogen and oxygen atoms in total. The molecule has 0 spiro atoms. The minimum Gasteiger partial charge on any atom is -0.591 e. The molecule has 1 aliphatic carbocycles. The van der Waals surface area contributed by atoms with Gasteiger partial charge in [0.15, 0.2) is 0 Å². The average molecular weight is 459 g/mol. The van der Waals surface area contributed by atoms with Crippen molar-refractivity contribution in [1.82, 2.24) is 4.90 Å². The topological polar surface area (TPSA) is 85.2 Å². The number of halogens is 2. The van der Waals surface area contributed by atoms with Gasteiger partial charge in [0.1, 0.15) is 34.2 Å². The van der Waals surface area contributed by atoms with E-state index in [1.807, 2.05) is 20.8 Å². The van der Waals surface area contributed by atoms with Gasteiger partial charge in [-0.15, -0.1) is 0 Å². The summed E-state index contributed by atoms with van der Waals surface area (Å²) in [5.74, 6) is 0.774. The van der Waals surface area contributed by atoms with Crippen LogP contribution in [0.4, 0.5) is 4.79 Å². The predicted octanol–water partition coefficient (Wildman–Crippen LogP) is 4.67. The van der Waals surface area contributed by atoms with Gasteiger partial charge >= 0.3 is 6.09 Å². The maximum Gasteiger partial charge on any atom is 0.407 e. The predicted molar refractivity (Wildman–Crippen MR) is 117 cm³/mol. The summed E-state index contributed by atoms with van der Waals surface area (Å²) < 4.78 is 22.7. The second kappa shape index (κ2) is 8.38. The van der Waals surface area contributed by atoms with Crippen molar-refractivity contribution in [1.29, 1.82) is 0 Å². The van der Waals surface area contributed by atoms with E-state index in [1.165, 1.54) is 4.90 Å². The summed E-state index contributed by atoms with van der Waals surface area (Å²) in [6, 6.07) is 3.31. The number of ether oxygens (including phenoxy) is 1. The molecule has 0 radical (unpaired) electrons. The molecular formula is C20H24Cl2N2O4S. The summed E-state index contributed by atoms with van der Waals surface area (Å²) in [6.45, 7) is 10.4. The summed E-state index contributed by atoms with van der Waals surface area (Å²) in [7, 11) is 0. The second-order valence-electron chi connectivity index (χ2n) is 8.24. The van der Waals surface area contributed by atoms with Gasteiger partial charge in [-0.1, -0.05) is 40.3 Å². The number of carbonyl (C=O) groups is 1. The van der Waals surface area contributed by atoms with E-state index < -0.39 is 22.2 Å². The van der Waals surface area contributed by atoms with Crippen molar-refractivity contribution in [3.05, 3.63) is 40.4 Å². The summed E-state index contributed by atoms with van der Waals surface area (Å²) in [5, 5.41) is 9.93. The van der Waals surface area contributed by atoms with Crippen LogP contribution in [-0.2, 0) is 11.4 Å². The van der Waals surface area contributed by atoms with Crippen LogP contribution in [0.5, 0.6) is 5.75 Å². The molecule has 1 saturated carbocycles. The number of rotatable bonds is 6. The smallest absolute Gasteiger partial charge is 0.407 e. The van der Waals surface area contributed by atoms with E-state index in [0.29, 0.717) is 40.2 Å².